The Hall–Kier alpha value is -1.46. The summed E-state index contributed by atoms with van der Waals surface area (Å²) in [5.74, 6) is -0.224. The van der Waals surface area contributed by atoms with Crippen molar-refractivity contribution in [3.05, 3.63) is 35.1 Å². The van der Waals surface area contributed by atoms with Gasteiger partial charge in [0.15, 0.2) is 0 Å². The number of nitrogens with one attached hydrogen (secondary N) is 1. The molecule has 2 rings (SSSR count). The third kappa shape index (κ3) is 3.35. The van der Waals surface area contributed by atoms with Gasteiger partial charge in [-0.1, -0.05) is 18.6 Å². The minimum absolute atomic E-state index is 0.0173. The number of rotatable bonds is 4. The molecule has 1 unspecified atom stereocenters. The summed E-state index contributed by atoms with van der Waals surface area (Å²) in [5.41, 5.74) is 6.91. The average molecular weight is 279 g/mol. The standard InChI is InChI=1S/C15H22FN3O/c1-18-15(20)14-4-2-3-7-19(14)10-12-6-5-11(9-17)8-13(12)16/h5-6,8,14H,2-4,7,9-10,17H2,1H3,(H,18,20). The molecule has 1 aromatic carbocycles. The Bertz CT molecular complexity index is 478. The predicted octanol–water partition coefficient (Wildman–Crippen LogP) is 1.38. The molecule has 4 nitrogen and oxygen atoms in total. The second-order valence-corrected chi connectivity index (χ2v) is 5.23. The molecule has 0 saturated carbocycles. The van der Waals surface area contributed by atoms with Crippen LogP contribution in [0.25, 0.3) is 0 Å². The molecule has 1 fully saturated rings. The number of hydrogen-bond acceptors (Lipinski definition) is 3. The van der Waals surface area contributed by atoms with Crippen molar-refractivity contribution < 1.29 is 9.18 Å². The highest BCUT2D eigenvalue weighted by atomic mass is 19.1. The number of piperidine rings is 1. The Morgan fingerprint density at radius 2 is 2.30 bits per heavy atom. The van der Waals surface area contributed by atoms with Gasteiger partial charge in [-0.05, 0) is 31.0 Å². The van der Waals surface area contributed by atoms with Crippen molar-refractivity contribution in [3.8, 4) is 0 Å². The van der Waals surface area contributed by atoms with E-state index in [0.29, 0.717) is 18.7 Å². The normalized spacial score (nSPS) is 19.9. The molecule has 0 bridgehead atoms. The van der Waals surface area contributed by atoms with E-state index in [-0.39, 0.29) is 17.8 Å². The fourth-order valence-corrected chi connectivity index (χ4v) is 2.71. The maximum atomic E-state index is 14.0. The maximum Gasteiger partial charge on any atom is 0.237 e. The molecule has 1 heterocycles. The van der Waals surface area contributed by atoms with E-state index >= 15 is 0 Å². The number of likely N-dealkylation sites (N-methyl/N-ethyl adjacent to an activating group) is 1. The molecule has 1 aromatic rings. The van der Waals surface area contributed by atoms with E-state index in [1.54, 1.807) is 13.1 Å². The van der Waals surface area contributed by atoms with E-state index in [2.05, 4.69) is 10.2 Å². The molecule has 1 amide bonds. The van der Waals surface area contributed by atoms with E-state index in [9.17, 15) is 9.18 Å². The molecule has 1 atom stereocenters. The van der Waals surface area contributed by atoms with Crippen LogP contribution in [0, 0.1) is 5.82 Å². The Labute approximate surface area is 119 Å². The van der Waals surface area contributed by atoms with E-state index in [4.69, 9.17) is 5.73 Å². The van der Waals surface area contributed by atoms with Gasteiger partial charge in [0.1, 0.15) is 5.82 Å². The average Bonchev–Trinajstić information content (AvgIpc) is 2.49. The van der Waals surface area contributed by atoms with E-state index in [0.717, 1.165) is 31.4 Å². The lowest BCUT2D eigenvalue weighted by molar-refractivity contribution is -0.127. The number of amides is 1. The number of halogens is 1. The molecule has 0 spiro atoms. The molecule has 0 aliphatic carbocycles. The smallest absolute Gasteiger partial charge is 0.237 e. The van der Waals surface area contributed by atoms with Gasteiger partial charge in [0.2, 0.25) is 5.91 Å². The van der Waals surface area contributed by atoms with Gasteiger partial charge in [-0.3, -0.25) is 9.69 Å². The Morgan fingerprint density at radius 1 is 1.50 bits per heavy atom. The van der Waals surface area contributed by atoms with Crippen molar-refractivity contribution >= 4 is 5.91 Å². The van der Waals surface area contributed by atoms with Crippen LogP contribution < -0.4 is 11.1 Å². The molecule has 110 valence electrons. The minimum Gasteiger partial charge on any atom is -0.358 e. The number of benzene rings is 1. The highest BCUT2D eigenvalue weighted by Gasteiger charge is 2.28. The summed E-state index contributed by atoms with van der Waals surface area (Å²) in [4.78, 5) is 13.9. The van der Waals surface area contributed by atoms with Crippen molar-refractivity contribution in [1.82, 2.24) is 10.2 Å². The zero-order valence-electron chi connectivity index (χ0n) is 11.9. The summed E-state index contributed by atoms with van der Waals surface area (Å²) in [7, 11) is 1.64. The Kier molecular flexibility index (Phi) is 5.09. The van der Waals surface area contributed by atoms with Crippen molar-refractivity contribution in [2.24, 2.45) is 5.73 Å². The van der Waals surface area contributed by atoms with E-state index in [1.807, 2.05) is 6.07 Å². The van der Waals surface area contributed by atoms with Gasteiger partial charge in [0, 0.05) is 25.7 Å². The van der Waals surface area contributed by atoms with Gasteiger partial charge in [-0.15, -0.1) is 0 Å². The van der Waals surface area contributed by atoms with E-state index in [1.165, 1.54) is 6.07 Å². The summed E-state index contributed by atoms with van der Waals surface area (Å²) < 4.78 is 14.0. The van der Waals surface area contributed by atoms with Gasteiger partial charge in [-0.2, -0.15) is 0 Å². The first-order chi connectivity index (χ1) is 9.65. The van der Waals surface area contributed by atoms with Crippen molar-refractivity contribution in [2.45, 2.75) is 38.4 Å². The Morgan fingerprint density at radius 3 is 2.95 bits per heavy atom. The lowest BCUT2D eigenvalue weighted by Gasteiger charge is -2.34. The number of carbonyl (C=O) groups excluding carboxylic acids is 1. The summed E-state index contributed by atoms with van der Waals surface area (Å²) >= 11 is 0. The van der Waals surface area contributed by atoms with Crippen LogP contribution in [-0.4, -0.2) is 30.4 Å². The molecule has 0 aromatic heterocycles. The highest BCUT2D eigenvalue weighted by molar-refractivity contribution is 5.81. The van der Waals surface area contributed by atoms with Crippen LogP contribution in [0.4, 0.5) is 4.39 Å². The predicted molar refractivity (Wildman–Crippen MR) is 76.4 cm³/mol. The number of hydrogen-bond donors (Lipinski definition) is 2. The molecule has 3 N–H and O–H groups in total. The van der Waals surface area contributed by atoms with Crippen LogP contribution >= 0.6 is 0 Å². The maximum absolute atomic E-state index is 14.0. The van der Waals surface area contributed by atoms with Crippen LogP contribution in [-0.2, 0) is 17.9 Å². The van der Waals surface area contributed by atoms with Crippen molar-refractivity contribution in [3.63, 3.8) is 0 Å². The monoisotopic (exact) mass is 279 g/mol. The van der Waals surface area contributed by atoms with Crippen molar-refractivity contribution in [1.29, 1.82) is 0 Å². The molecular weight excluding hydrogens is 257 g/mol. The first-order valence-electron chi connectivity index (χ1n) is 7.08. The van der Waals surface area contributed by atoms with Gasteiger partial charge >= 0.3 is 0 Å². The zero-order chi connectivity index (χ0) is 14.5. The van der Waals surface area contributed by atoms with Crippen molar-refractivity contribution in [2.75, 3.05) is 13.6 Å². The van der Waals surface area contributed by atoms with E-state index < -0.39 is 0 Å². The largest absolute Gasteiger partial charge is 0.358 e. The zero-order valence-corrected chi connectivity index (χ0v) is 11.9. The third-order valence-corrected chi connectivity index (χ3v) is 3.89. The van der Waals surface area contributed by atoms with Crippen LogP contribution in [0.1, 0.15) is 30.4 Å². The third-order valence-electron chi connectivity index (χ3n) is 3.89. The molecule has 1 aliphatic heterocycles. The number of nitrogens with two attached hydrogens (primary N) is 1. The van der Waals surface area contributed by atoms with Gasteiger partial charge in [0.25, 0.3) is 0 Å². The fraction of sp³-hybridized carbons (Fsp3) is 0.533. The summed E-state index contributed by atoms with van der Waals surface area (Å²) in [6.07, 6.45) is 2.93. The quantitative estimate of drug-likeness (QED) is 0.875. The van der Waals surface area contributed by atoms with Crippen LogP contribution in [0.3, 0.4) is 0 Å². The minimum atomic E-state index is -0.241. The fourth-order valence-electron chi connectivity index (χ4n) is 2.71. The molecule has 20 heavy (non-hydrogen) atoms. The van der Waals surface area contributed by atoms with Gasteiger partial charge in [-0.25, -0.2) is 4.39 Å². The van der Waals surface area contributed by atoms with Crippen LogP contribution in [0.2, 0.25) is 0 Å². The van der Waals surface area contributed by atoms with Gasteiger partial charge < -0.3 is 11.1 Å². The molecule has 1 aliphatic rings. The number of nitrogens with zero attached hydrogens (tertiary/aromatic N) is 1. The first-order valence-corrected chi connectivity index (χ1v) is 7.08. The lowest BCUT2D eigenvalue weighted by Crippen LogP contribution is -2.48. The second kappa shape index (κ2) is 6.81. The topological polar surface area (TPSA) is 58.4 Å². The molecule has 1 saturated heterocycles. The summed E-state index contributed by atoms with van der Waals surface area (Å²) in [6.45, 7) is 1.63. The number of carbonyl (C=O) groups is 1. The lowest BCUT2D eigenvalue weighted by atomic mass is 10.00. The molecular formula is C15H22FN3O. The summed E-state index contributed by atoms with van der Waals surface area (Å²) in [6, 6.07) is 4.95. The molecule has 0 radical (unpaired) electrons. The SMILES string of the molecule is CNC(=O)C1CCCCN1Cc1ccc(CN)cc1F. The van der Waals surface area contributed by atoms with Crippen LogP contribution in [0.15, 0.2) is 18.2 Å². The first kappa shape index (κ1) is 14.9. The molecule has 5 heteroatoms. The van der Waals surface area contributed by atoms with Crippen LogP contribution in [0.5, 0.6) is 0 Å². The summed E-state index contributed by atoms with van der Waals surface area (Å²) in [5, 5.41) is 2.69. The second-order valence-electron chi connectivity index (χ2n) is 5.23. The van der Waals surface area contributed by atoms with Gasteiger partial charge in [0.05, 0.1) is 6.04 Å². The Balaban J connectivity index is 2.12. The number of likely N-dealkylation sites (tertiary alicyclic amines) is 1. The highest BCUT2D eigenvalue weighted by Crippen LogP contribution is 2.21.